The summed E-state index contributed by atoms with van der Waals surface area (Å²) in [5.74, 6) is 1.33. The van der Waals surface area contributed by atoms with E-state index in [1.54, 1.807) is 7.11 Å². The number of nitrogens with zero attached hydrogens (tertiary/aromatic N) is 1. The molecule has 1 N–H and O–H groups in total. The zero-order chi connectivity index (χ0) is 9.10. The molecule has 0 aromatic carbocycles. The molecule has 2 rings (SSSR count). The molecule has 3 nitrogen and oxygen atoms in total. The van der Waals surface area contributed by atoms with E-state index in [0.717, 1.165) is 13.1 Å². The number of methoxy groups -OCH3 is 1. The van der Waals surface area contributed by atoms with E-state index >= 15 is 0 Å². The van der Waals surface area contributed by atoms with Crippen LogP contribution in [-0.4, -0.2) is 25.2 Å². The van der Waals surface area contributed by atoms with Gasteiger partial charge in [0.2, 0.25) is 5.88 Å². The lowest BCUT2D eigenvalue weighted by atomic mass is 10.0. The van der Waals surface area contributed by atoms with Gasteiger partial charge in [0.1, 0.15) is 0 Å². The van der Waals surface area contributed by atoms with E-state index in [2.05, 4.69) is 16.4 Å². The maximum atomic E-state index is 5.01. The summed E-state index contributed by atoms with van der Waals surface area (Å²) in [6.45, 7) is 2.20. The van der Waals surface area contributed by atoms with Crippen LogP contribution in [0, 0.1) is 0 Å². The van der Waals surface area contributed by atoms with Crippen molar-refractivity contribution < 1.29 is 4.74 Å². The molecule has 2 heterocycles. The fourth-order valence-electron chi connectivity index (χ4n) is 1.69. The van der Waals surface area contributed by atoms with Crippen LogP contribution in [0.15, 0.2) is 18.3 Å². The van der Waals surface area contributed by atoms with Gasteiger partial charge in [-0.2, -0.15) is 0 Å². The van der Waals surface area contributed by atoms with E-state index in [-0.39, 0.29) is 24.8 Å². The molecule has 15 heavy (non-hydrogen) atoms. The molecule has 1 atom stereocenters. The third-order valence-electron chi connectivity index (χ3n) is 2.50. The summed E-state index contributed by atoms with van der Waals surface area (Å²) in [7, 11) is 1.64. The highest BCUT2D eigenvalue weighted by Crippen LogP contribution is 2.22. The number of aromatic nitrogens is 1. The Bertz CT molecular complexity index is 273. The average Bonchev–Trinajstić information content (AvgIpc) is 2.71. The SMILES string of the molecule is COc1ccc(C2CCNC2)cn1.Cl.Cl. The largest absolute Gasteiger partial charge is 0.481 e. The molecule has 1 fully saturated rings. The second-order valence-electron chi connectivity index (χ2n) is 3.32. The van der Waals surface area contributed by atoms with Crippen LogP contribution in [0.4, 0.5) is 0 Å². The summed E-state index contributed by atoms with van der Waals surface area (Å²) < 4.78 is 5.01. The quantitative estimate of drug-likeness (QED) is 0.873. The number of rotatable bonds is 2. The Balaban J connectivity index is 0.000000980. The predicted molar refractivity (Wildman–Crippen MR) is 65.5 cm³/mol. The van der Waals surface area contributed by atoms with Crippen LogP contribution >= 0.6 is 24.8 Å². The lowest BCUT2D eigenvalue weighted by Gasteiger charge is -2.07. The fraction of sp³-hybridized carbons (Fsp3) is 0.500. The molecule has 0 radical (unpaired) electrons. The molecule has 0 spiro atoms. The van der Waals surface area contributed by atoms with Gasteiger partial charge in [-0.3, -0.25) is 0 Å². The van der Waals surface area contributed by atoms with Crippen LogP contribution < -0.4 is 10.1 Å². The smallest absolute Gasteiger partial charge is 0.212 e. The highest BCUT2D eigenvalue weighted by molar-refractivity contribution is 5.85. The summed E-state index contributed by atoms with van der Waals surface area (Å²) in [4.78, 5) is 4.19. The maximum Gasteiger partial charge on any atom is 0.212 e. The van der Waals surface area contributed by atoms with Crippen molar-refractivity contribution in [1.29, 1.82) is 0 Å². The van der Waals surface area contributed by atoms with Crippen LogP contribution in [-0.2, 0) is 0 Å². The normalized spacial score (nSPS) is 18.9. The highest BCUT2D eigenvalue weighted by atomic mass is 35.5. The second-order valence-corrected chi connectivity index (χ2v) is 3.32. The molecule has 0 amide bonds. The van der Waals surface area contributed by atoms with Gasteiger partial charge in [0.15, 0.2) is 0 Å². The molecule has 1 aliphatic heterocycles. The second kappa shape index (κ2) is 6.88. The molecule has 86 valence electrons. The fourth-order valence-corrected chi connectivity index (χ4v) is 1.69. The molecule has 5 heteroatoms. The number of nitrogens with one attached hydrogen (secondary N) is 1. The lowest BCUT2D eigenvalue weighted by Crippen LogP contribution is -2.08. The first-order valence-electron chi connectivity index (χ1n) is 4.61. The van der Waals surface area contributed by atoms with Gasteiger partial charge in [-0.1, -0.05) is 6.07 Å². The monoisotopic (exact) mass is 250 g/mol. The predicted octanol–water partition coefficient (Wildman–Crippen LogP) is 2.01. The molecular formula is C10H16Cl2N2O. The zero-order valence-corrected chi connectivity index (χ0v) is 10.2. The number of hydrogen-bond acceptors (Lipinski definition) is 3. The van der Waals surface area contributed by atoms with Crippen molar-refractivity contribution in [3.8, 4) is 5.88 Å². The molecule has 1 unspecified atom stereocenters. The molecule has 1 aromatic heterocycles. The number of halogens is 2. The molecule has 0 aliphatic carbocycles. The van der Waals surface area contributed by atoms with Crippen molar-refractivity contribution in [1.82, 2.24) is 10.3 Å². The Morgan fingerprint density at radius 1 is 1.40 bits per heavy atom. The minimum Gasteiger partial charge on any atom is -0.481 e. The van der Waals surface area contributed by atoms with Crippen molar-refractivity contribution in [2.45, 2.75) is 12.3 Å². The van der Waals surface area contributed by atoms with Gasteiger partial charge in [-0.15, -0.1) is 24.8 Å². The van der Waals surface area contributed by atoms with Crippen LogP contribution in [0.1, 0.15) is 17.9 Å². The van der Waals surface area contributed by atoms with E-state index in [9.17, 15) is 0 Å². The number of ether oxygens (including phenoxy) is 1. The van der Waals surface area contributed by atoms with Gasteiger partial charge in [-0.05, 0) is 24.4 Å². The Morgan fingerprint density at radius 3 is 2.67 bits per heavy atom. The molecule has 0 saturated carbocycles. The summed E-state index contributed by atoms with van der Waals surface area (Å²) in [6, 6.07) is 4.02. The molecule has 1 aromatic rings. The van der Waals surface area contributed by atoms with Gasteiger partial charge in [0.25, 0.3) is 0 Å². The van der Waals surface area contributed by atoms with Crippen LogP contribution in [0.5, 0.6) is 5.88 Å². The first kappa shape index (κ1) is 14.5. The van der Waals surface area contributed by atoms with Crippen molar-refractivity contribution >= 4 is 24.8 Å². The minimum atomic E-state index is 0. The molecule has 0 bridgehead atoms. The van der Waals surface area contributed by atoms with Crippen LogP contribution in [0.3, 0.4) is 0 Å². The summed E-state index contributed by atoms with van der Waals surface area (Å²) in [5.41, 5.74) is 1.31. The van der Waals surface area contributed by atoms with Crippen LogP contribution in [0.2, 0.25) is 0 Å². The first-order chi connectivity index (χ1) is 6.40. The summed E-state index contributed by atoms with van der Waals surface area (Å²) >= 11 is 0. The van der Waals surface area contributed by atoms with Gasteiger partial charge in [0, 0.05) is 18.8 Å². The standard InChI is InChI=1S/C10H14N2O.2ClH/c1-13-10-3-2-8(7-12-10)9-4-5-11-6-9;;/h2-3,7,9,11H,4-6H2,1H3;2*1H. The molecular weight excluding hydrogens is 235 g/mol. The van der Waals surface area contributed by atoms with Gasteiger partial charge < -0.3 is 10.1 Å². The lowest BCUT2D eigenvalue weighted by molar-refractivity contribution is 0.397. The van der Waals surface area contributed by atoms with E-state index < -0.39 is 0 Å². The van der Waals surface area contributed by atoms with E-state index in [1.165, 1.54) is 12.0 Å². The van der Waals surface area contributed by atoms with Gasteiger partial charge in [-0.25, -0.2) is 4.98 Å². The maximum absolute atomic E-state index is 5.01. The van der Waals surface area contributed by atoms with Crippen LogP contribution in [0.25, 0.3) is 0 Å². The summed E-state index contributed by atoms with van der Waals surface area (Å²) in [6.07, 6.45) is 3.13. The van der Waals surface area contributed by atoms with Crippen molar-refractivity contribution in [3.63, 3.8) is 0 Å². The highest BCUT2D eigenvalue weighted by Gasteiger charge is 2.16. The van der Waals surface area contributed by atoms with Gasteiger partial charge in [0.05, 0.1) is 7.11 Å². The minimum absolute atomic E-state index is 0. The number of pyridine rings is 1. The zero-order valence-electron chi connectivity index (χ0n) is 8.60. The Kier molecular flexibility index (Phi) is 6.65. The summed E-state index contributed by atoms with van der Waals surface area (Å²) in [5, 5.41) is 3.34. The Labute approximate surface area is 102 Å². The average molecular weight is 251 g/mol. The third kappa shape index (κ3) is 3.52. The third-order valence-corrected chi connectivity index (χ3v) is 2.50. The Morgan fingerprint density at radius 2 is 2.20 bits per heavy atom. The number of hydrogen-bond donors (Lipinski definition) is 1. The van der Waals surface area contributed by atoms with Crippen molar-refractivity contribution in [2.75, 3.05) is 20.2 Å². The van der Waals surface area contributed by atoms with Crippen molar-refractivity contribution in [2.24, 2.45) is 0 Å². The van der Waals surface area contributed by atoms with E-state index in [0.29, 0.717) is 11.8 Å². The van der Waals surface area contributed by atoms with Gasteiger partial charge >= 0.3 is 0 Å². The Hall–Kier alpha value is -0.510. The molecule has 1 saturated heterocycles. The topological polar surface area (TPSA) is 34.1 Å². The molecule has 1 aliphatic rings. The van der Waals surface area contributed by atoms with E-state index in [1.807, 2.05) is 12.3 Å². The van der Waals surface area contributed by atoms with Crippen molar-refractivity contribution in [3.05, 3.63) is 23.9 Å². The van der Waals surface area contributed by atoms with E-state index in [4.69, 9.17) is 4.74 Å². The first-order valence-corrected chi connectivity index (χ1v) is 4.61.